The number of anilines is 1. The SMILES string of the molecule is COCCn1ccc2c(N(CCC(=O)O)CCC(=O)O)cccc21. The van der Waals surface area contributed by atoms with E-state index in [2.05, 4.69) is 4.57 Å². The summed E-state index contributed by atoms with van der Waals surface area (Å²) in [5.41, 5.74) is 1.87. The highest BCUT2D eigenvalue weighted by atomic mass is 16.5. The molecule has 0 radical (unpaired) electrons. The van der Waals surface area contributed by atoms with Crippen LogP contribution < -0.4 is 4.90 Å². The summed E-state index contributed by atoms with van der Waals surface area (Å²) in [4.78, 5) is 23.6. The van der Waals surface area contributed by atoms with Gasteiger partial charge in [-0.1, -0.05) is 6.07 Å². The van der Waals surface area contributed by atoms with E-state index >= 15 is 0 Å². The molecule has 0 fully saturated rings. The lowest BCUT2D eigenvalue weighted by Crippen LogP contribution is -2.28. The van der Waals surface area contributed by atoms with E-state index in [-0.39, 0.29) is 25.9 Å². The number of ether oxygens (including phenoxy) is 1. The summed E-state index contributed by atoms with van der Waals surface area (Å²) >= 11 is 0. The molecule has 2 N–H and O–H groups in total. The van der Waals surface area contributed by atoms with Crippen LogP contribution in [0.3, 0.4) is 0 Å². The summed E-state index contributed by atoms with van der Waals surface area (Å²) in [5, 5.41) is 18.9. The molecule has 1 aromatic heterocycles. The van der Waals surface area contributed by atoms with Gasteiger partial charge in [0.15, 0.2) is 0 Å². The van der Waals surface area contributed by atoms with Crippen LogP contribution in [-0.4, -0.2) is 53.5 Å². The highest BCUT2D eigenvalue weighted by molar-refractivity contribution is 5.93. The summed E-state index contributed by atoms with van der Waals surface area (Å²) in [6.45, 7) is 1.85. The number of carboxylic acid groups (broad SMARTS) is 2. The third kappa shape index (κ3) is 4.48. The summed E-state index contributed by atoms with van der Waals surface area (Å²) in [6.07, 6.45) is 1.88. The van der Waals surface area contributed by atoms with Gasteiger partial charge in [-0.25, -0.2) is 0 Å². The second-order valence-corrected chi connectivity index (χ2v) is 5.49. The van der Waals surface area contributed by atoms with Gasteiger partial charge in [-0.2, -0.15) is 0 Å². The molecule has 0 saturated carbocycles. The number of hydrogen-bond acceptors (Lipinski definition) is 4. The van der Waals surface area contributed by atoms with Crippen LogP contribution in [0.15, 0.2) is 30.5 Å². The van der Waals surface area contributed by atoms with Gasteiger partial charge in [0.05, 0.1) is 25.0 Å². The Hall–Kier alpha value is -2.54. The van der Waals surface area contributed by atoms with Crippen molar-refractivity contribution < 1.29 is 24.5 Å². The minimum absolute atomic E-state index is 0.0413. The molecule has 0 bridgehead atoms. The zero-order valence-corrected chi connectivity index (χ0v) is 13.6. The van der Waals surface area contributed by atoms with E-state index in [9.17, 15) is 9.59 Å². The maximum Gasteiger partial charge on any atom is 0.305 e. The number of aliphatic carboxylic acids is 2. The van der Waals surface area contributed by atoms with Crippen molar-refractivity contribution in [3.8, 4) is 0 Å². The fourth-order valence-electron chi connectivity index (χ4n) is 2.68. The van der Waals surface area contributed by atoms with Crippen molar-refractivity contribution in [1.29, 1.82) is 0 Å². The molecule has 0 saturated heterocycles. The van der Waals surface area contributed by atoms with Crippen LogP contribution >= 0.6 is 0 Å². The predicted octanol–water partition coefficient (Wildman–Crippen LogP) is 2.04. The van der Waals surface area contributed by atoms with Crippen molar-refractivity contribution in [2.45, 2.75) is 19.4 Å². The Kier molecular flexibility index (Phi) is 6.20. The largest absolute Gasteiger partial charge is 0.481 e. The van der Waals surface area contributed by atoms with Crippen LogP contribution in [0, 0.1) is 0 Å². The van der Waals surface area contributed by atoms with Gasteiger partial charge in [-0.15, -0.1) is 0 Å². The number of aromatic nitrogens is 1. The van der Waals surface area contributed by atoms with Gasteiger partial charge in [-0.3, -0.25) is 9.59 Å². The molecular formula is C17H22N2O5. The number of methoxy groups -OCH3 is 1. The predicted molar refractivity (Wildman–Crippen MR) is 90.5 cm³/mol. The fraction of sp³-hybridized carbons (Fsp3) is 0.412. The fourth-order valence-corrected chi connectivity index (χ4v) is 2.68. The molecule has 1 heterocycles. The van der Waals surface area contributed by atoms with E-state index in [0.29, 0.717) is 13.2 Å². The standard InChI is InChI=1S/C17H22N2O5/c1-24-12-11-19-8-5-13-14(3-2-4-15(13)19)18(9-6-16(20)21)10-7-17(22)23/h2-5,8H,6-7,9-12H2,1H3,(H,20,21)(H,22,23). The molecule has 0 aliphatic carbocycles. The van der Waals surface area contributed by atoms with E-state index < -0.39 is 11.9 Å². The van der Waals surface area contributed by atoms with E-state index in [1.165, 1.54) is 0 Å². The lowest BCUT2D eigenvalue weighted by Gasteiger charge is -2.24. The number of benzene rings is 1. The van der Waals surface area contributed by atoms with Crippen LogP contribution in [0.4, 0.5) is 5.69 Å². The molecule has 1 aromatic carbocycles. The molecule has 7 heteroatoms. The number of carboxylic acids is 2. The number of nitrogens with zero attached hydrogens (tertiary/aromatic N) is 2. The molecule has 0 amide bonds. The molecular weight excluding hydrogens is 312 g/mol. The van der Waals surface area contributed by atoms with Crippen LogP contribution in [0.25, 0.3) is 10.9 Å². The highest BCUT2D eigenvalue weighted by Gasteiger charge is 2.14. The van der Waals surface area contributed by atoms with Gasteiger partial charge in [-0.05, 0) is 18.2 Å². The molecule has 2 aromatic rings. The smallest absolute Gasteiger partial charge is 0.305 e. The summed E-state index contributed by atoms with van der Waals surface area (Å²) in [5.74, 6) is -1.81. The van der Waals surface area contributed by atoms with Crippen molar-refractivity contribution in [3.63, 3.8) is 0 Å². The Morgan fingerprint density at radius 3 is 2.38 bits per heavy atom. The molecule has 24 heavy (non-hydrogen) atoms. The van der Waals surface area contributed by atoms with Gasteiger partial charge in [0.2, 0.25) is 0 Å². The van der Waals surface area contributed by atoms with E-state index in [4.69, 9.17) is 14.9 Å². The first kappa shape index (κ1) is 17.8. The van der Waals surface area contributed by atoms with Crippen molar-refractivity contribution in [1.82, 2.24) is 4.57 Å². The van der Waals surface area contributed by atoms with Crippen LogP contribution in [0.2, 0.25) is 0 Å². The number of carbonyl (C=O) groups is 2. The van der Waals surface area contributed by atoms with E-state index in [0.717, 1.165) is 16.6 Å². The maximum atomic E-state index is 10.9. The van der Waals surface area contributed by atoms with Crippen molar-refractivity contribution >= 4 is 28.5 Å². The summed E-state index contributed by atoms with van der Waals surface area (Å²) < 4.78 is 7.17. The lowest BCUT2D eigenvalue weighted by molar-refractivity contribution is -0.137. The lowest BCUT2D eigenvalue weighted by atomic mass is 10.1. The normalized spacial score (nSPS) is 10.9. The molecule has 130 valence electrons. The second kappa shape index (κ2) is 8.35. The Morgan fingerprint density at radius 1 is 1.12 bits per heavy atom. The topological polar surface area (TPSA) is 92.0 Å². The van der Waals surface area contributed by atoms with Crippen molar-refractivity contribution in [2.75, 3.05) is 31.7 Å². The van der Waals surface area contributed by atoms with Crippen LogP contribution in [0.5, 0.6) is 0 Å². The first-order chi connectivity index (χ1) is 11.5. The minimum Gasteiger partial charge on any atom is -0.481 e. The monoisotopic (exact) mass is 334 g/mol. The Balaban J connectivity index is 2.31. The maximum absolute atomic E-state index is 10.9. The molecule has 0 aliphatic heterocycles. The van der Waals surface area contributed by atoms with Gasteiger partial charge in [0, 0.05) is 44.0 Å². The summed E-state index contributed by atoms with van der Waals surface area (Å²) in [7, 11) is 1.65. The van der Waals surface area contributed by atoms with Gasteiger partial charge in [0.25, 0.3) is 0 Å². The molecule has 0 atom stereocenters. The number of hydrogen-bond donors (Lipinski definition) is 2. The van der Waals surface area contributed by atoms with Gasteiger partial charge in [0.1, 0.15) is 0 Å². The van der Waals surface area contributed by atoms with Gasteiger partial charge >= 0.3 is 11.9 Å². The van der Waals surface area contributed by atoms with Crippen molar-refractivity contribution in [2.24, 2.45) is 0 Å². The van der Waals surface area contributed by atoms with E-state index in [1.807, 2.05) is 35.4 Å². The first-order valence-corrected chi connectivity index (χ1v) is 7.78. The van der Waals surface area contributed by atoms with Crippen LogP contribution in [-0.2, 0) is 20.9 Å². The Labute approximate surface area is 140 Å². The Morgan fingerprint density at radius 2 is 1.79 bits per heavy atom. The zero-order valence-electron chi connectivity index (χ0n) is 13.6. The Bertz CT molecular complexity index is 692. The summed E-state index contributed by atoms with van der Waals surface area (Å²) in [6, 6.07) is 7.75. The highest BCUT2D eigenvalue weighted by Crippen LogP contribution is 2.28. The third-order valence-electron chi connectivity index (χ3n) is 3.86. The van der Waals surface area contributed by atoms with E-state index in [1.54, 1.807) is 7.11 Å². The van der Waals surface area contributed by atoms with Gasteiger partial charge < -0.3 is 24.4 Å². The van der Waals surface area contributed by atoms with Crippen LogP contribution in [0.1, 0.15) is 12.8 Å². The first-order valence-electron chi connectivity index (χ1n) is 7.78. The van der Waals surface area contributed by atoms with Crippen molar-refractivity contribution in [3.05, 3.63) is 30.5 Å². The average molecular weight is 334 g/mol. The third-order valence-corrected chi connectivity index (χ3v) is 3.86. The average Bonchev–Trinajstić information content (AvgIpc) is 2.96. The number of rotatable bonds is 10. The molecule has 0 spiro atoms. The molecule has 7 nitrogen and oxygen atoms in total. The quantitative estimate of drug-likeness (QED) is 0.691. The second-order valence-electron chi connectivity index (χ2n) is 5.49. The molecule has 0 aliphatic rings. The molecule has 0 unspecified atom stereocenters. The zero-order chi connectivity index (χ0) is 17.5. The minimum atomic E-state index is -0.903. The number of fused-ring (bicyclic) bond motifs is 1. The molecule has 2 rings (SSSR count).